The summed E-state index contributed by atoms with van der Waals surface area (Å²) in [6.45, 7) is 2.79. The maximum Gasteiger partial charge on any atom is 0.244 e. The van der Waals surface area contributed by atoms with Crippen molar-refractivity contribution in [3.63, 3.8) is 0 Å². The average molecular weight is 420 g/mol. The molecule has 1 aliphatic rings. The molecule has 0 saturated heterocycles. The summed E-state index contributed by atoms with van der Waals surface area (Å²) < 4.78 is 11.2. The predicted octanol–water partition coefficient (Wildman–Crippen LogP) is 4.17. The van der Waals surface area contributed by atoms with Gasteiger partial charge in [-0.1, -0.05) is 13.0 Å². The number of ether oxygens (including phenoxy) is 2. The number of methoxy groups -OCH3 is 1. The second-order valence-corrected chi connectivity index (χ2v) is 7.37. The zero-order valence-corrected chi connectivity index (χ0v) is 17.8. The highest BCUT2D eigenvalue weighted by Crippen LogP contribution is 2.29. The fourth-order valence-corrected chi connectivity index (χ4v) is 3.43. The number of halogens is 1. The molecule has 6 nitrogen and oxygen atoms in total. The summed E-state index contributed by atoms with van der Waals surface area (Å²) in [5.74, 6) is 2.05. The van der Waals surface area contributed by atoms with Crippen LogP contribution in [0.25, 0.3) is 6.08 Å². The van der Waals surface area contributed by atoms with Gasteiger partial charge in [-0.05, 0) is 61.4 Å². The molecule has 1 aliphatic carbocycles. The summed E-state index contributed by atoms with van der Waals surface area (Å²) in [5.41, 5.74) is 1.85. The normalized spacial score (nSPS) is 18.8. The van der Waals surface area contributed by atoms with E-state index in [1.165, 1.54) is 12.8 Å². The Labute approximate surface area is 178 Å². The van der Waals surface area contributed by atoms with Gasteiger partial charge in [0.25, 0.3) is 0 Å². The minimum absolute atomic E-state index is 0. The third kappa shape index (κ3) is 7.13. The van der Waals surface area contributed by atoms with Gasteiger partial charge in [0.15, 0.2) is 11.5 Å². The molecular formula is C22H30ClN3O3. The van der Waals surface area contributed by atoms with Crippen molar-refractivity contribution in [1.29, 1.82) is 0 Å². The minimum Gasteiger partial charge on any atom is -0.493 e. The summed E-state index contributed by atoms with van der Waals surface area (Å²) in [5, 5.41) is 10.00. The Morgan fingerprint density at radius 3 is 2.72 bits per heavy atom. The molecular weight excluding hydrogens is 390 g/mol. The molecule has 0 spiro atoms. The number of hydrogen-bond acceptors (Lipinski definition) is 4. The third-order valence-electron chi connectivity index (χ3n) is 5.15. The second kappa shape index (κ2) is 11.5. The molecule has 1 aromatic heterocycles. The Hall–Kier alpha value is -2.47. The zero-order valence-electron chi connectivity index (χ0n) is 17.0. The van der Waals surface area contributed by atoms with Crippen LogP contribution in [0.1, 0.15) is 43.9 Å². The molecule has 0 bridgehead atoms. The highest BCUT2D eigenvalue weighted by atomic mass is 35.5. The zero-order chi connectivity index (χ0) is 19.8. The van der Waals surface area contributed by atoms with Crippen LogP contribution in [-0.2, 0) is 11.2 Å². The lowest BCUT2D eigenvalue weighted by Crippen LogP contribution is -2.36. The summed E-state index contributed by atoms with van der Waals surface area (Å²) in [6.07, 6.45) is 10.4. The van der Waals surface area contributed by atoms with Crippen molar-refractivity contribution in [2.75, 3.05) is 13.7 Å². The topological polar surface area (TPSA) is 76.2 Å². The van der Waals surface area contributed by atoms with Crippen LogP contribution in [0.2, 0.25) is 0 Å². The van der Waals surface area contributed by atoms with Crippen molar-refractivity contribution >= 4 is 24.4 Å². The largest absolute Gasteiger partial charge is 0.493 e. The van der Waals surface area contributed by atoms with Gasteiger partial charge in [0, 0.05) is 24.7 Å². The molecule has 1 fully saturated rings. The molecule has 1 amide bonds. The summed E-state index contributed by atoms with van der Waals surface area (Å²) in [4.78, 5) is 12.2. The first-order chi connectivity index (χ1) is 13.6. The van der Waals surface area contributed by atoms with Crippen LogP contribution in [0.5, 0.6) is 11.5 Å². The molecule has 29 heavy (non-hydrogen) atoms. The fourth-order valence-electron chi connectivity index (χ4n) is 3.43. The maximum absolute atomic E-state index is 12.2. The number of rotatable bonds is 8. The van der Waals surface area contributed by atoms with E-state index >= 15 is 0 Å². The summed E-state index contributed by atoms with van der Waals surface area (Å²) in [7, 11) is 1.61. The summed E-state index contributed by atoms with van der Waals surface area (Å²) in [6, 6.07) is 7.87. The van der Waals surface area contributed by atoms with Crippen LogP contribution in [-0.4, -0.2) is 35.9 Å². The van der Waals surface area contributed by atoms with Gasteiger partial charge in [0.2, 0.25) is 5.91 Å². The fraction of sp³-hybridized carbons (Fsp3) is 0.455. The van der Waals surface area contributed by atoms with Crippen LogP contribution < -0.4 is 14.8 Å². The molecule has 158 valence electrons. The smallest absolute Gasteiger partial charge is 0.244 e. The molecule has 1 aromatic carbocycles. The van der Waals surface area contributed by atoms with Crippen molar-refractivity contribution in [1.82, 2.24) is 15.5 Å². The van der Waals surface area contributed by atoms with Gasteiger partial charge in [-0.15, -0.1) is 12.4 Å². The minimum atomic E-state index is -0.0437. The van der Waals surface area contributed by atoms with Crippen molar-refractivity contribution in [3.8, 4) is 11.5 Å². The Balaban J connectivity index is 0.00000300. The second-order valence-electron chi connectivity index (χ2n) is 7.37. The highest BCUT2D eigenvalue weighted by molar-refractivity contribution is 5.92. The summed E-state index contributed by atoms with van der Waals surface area (Å²) >= 11 is 0. The number of aromatic amines is 1. The molecule has 2 N–H and O–H groups in total. The van der Waals surface area contributed by atoms with E-state index in [0.717, 1.165) is 30.0 Å². The third-order valence-corrected chi connectivity index (χ3v) is 5.15. The van der Waals surface area contributed by atoms with Crippen molar-refractivity contribution in [3.05, 3.63) is 47.8 Å². The van der Waals surface area contributed by atoms with Crippen LogP contribution in [0.15, 0.2) is 36.5 Å². The van der Waals surface area contributed by atoms with E-state index in [0.29, 0.717) is 30.6 Å². The van der Waals surface area contributed by atoms with Crippen molar-refractivity contribution < 1.29 is 14.3 Å². The van der Waals surface area contributed by atoms with Crippen LogP contribution in [0, 0.1) is 5.92 Å². The van der Waals surface area contributed by atoms with E-state index in [1.807, 2.05) is 24.3 Å². The molecule has 1 saturated carbocycles. The van der Waals surface area contributed by atoms with E-state index in [-0.39, 0.29) is 18.3 Å². The molecule has 3 rings (SSSR count). The van der Waals surface area contributed by atoms with Crippen LogP contribution in [0.4, 0.5) is 0 Å². The van der Waals surface area contributed by atoms with Gasteiger partial charge in [0.1, 0.15) is 0 Å². The van der Waals surface area contributed by atoms with Gasteiger partial charge in [0.05, 0.1) is 19.4 Å². The Morgan fingerprint density at radius 1 is 1.24 bits per heavy atom. The first kappa shape index (κ1) is 22.8. The monoisotopic (exact) mass is 419 g/mol. The number of aromatic nitrogens is 2. The molecule has 0 atom stereocenters. The number of carbonyl (C=O) groups is 1. The highest BCUT2D eigenvalue weighted by Gasteiger charge is 2.18. The number of H-pyrrole nitrogens is 1. The molecule has 0 aliphatic heterocycles. The van der Waals surface area contributed by atoms with E-state index in [1.54, 1.807) is 25.5 Å². The van der Waals surface area contributed by atoms with Gasteiger partial charge in [-0.2, -0.15) is 5.10 Å². The van der Waals surface area contributed by atoms with E-state index < -0.39 is 0 Å². The Morgan fingerprint density at radius 2 is 2.03 bits per heavy atom. The number of nitrogens with zero attached hydrogens (tertiary/aromatic N) is 1. The lowest BCUT2D eigenvalue weighted by atomic mass is 9.87. The van der Waals surface area contributed by atoms with E-state index in [9.17, 15) is 4.79 Å². The predicted molar refractivity (Wildman–Crippen MR) is 117 cm³/mol. The maximum atomic E-state index is 12.2. The van der Waals surface area contributed by atoms with E-state index in [4.69, 9.17) is 9.47 Å². The first-order valence-electron chi connectivity index (χ1n) is 9.92. The molecule has 0 radical (unpaired) electrons. The number of amides is 1. The SMILES string of the molecule is COc1cc(C=CC(=O)N[C@H]2CC[C@H](C)CC2)ccc1OCCc1cc[nH]n1.Cl. The van der Waals surface area contributed by atoms with Gasteiger partial charge < -0.3 is 14.8 Å². The standard InChI is InChI=1S/C22H29N3O3.ClH/c1-16-3-7-18(8-4-16)24-22(26)10-6-17-5-9-20(21(15-17)27-2)28-14-12-19-11-13-23-25-19;/h5-6,9-11,13,15-16,18H,3-4,7-8,12,14H2,1-2H3,(H,23,25)(H,24,26);1H/t16-,18-;. The molecule has 1 heterocycles. The number of nitrogens with one attached hydrogen (secondary N) is 2. The average Bonchev–Trinajstić information content (AvgIpc) is 3.22. The Bertz CT molecular complexity index is 785. The lowest BCUT2D eigenvalue weighted by molar-refractivity contribution is -0.117. The van der Waals surface area contributed by atoms with Crippen LogP contribution in [0.3, 0.4) is 0 Å². The van der Waals surface area contributed by atoms with E-state index in [2.05, 4.69) is 22.4 Å². The van der Waals surface area contributed by atoms with Crippen molar-refractivity contribution in [2.24, 2.45) is 5.92 Å². The first-order valence-corrected chi connectivity index (χ1v) is 9.92. The lowest BCUT2D eigenvalue weighted by Gasteiger charge is -2.26. The Kier molecular flexibility index (Phi) is 9.06. The quantitative estimate of drug-likeness (QED) is 0.629. The van der Waals surface area contributed by atoms with Crippen molar-refractivity contribution in [2.45, 2.75) is 45.1 Å². The van der Waals surface area contributed by atoms with Gasteiger partial charge in [-0.25, -0.2) is 0 Å². The number of hydrogen-bond donors (Lipinski definition) is 2. The van der Waals surface area contributed by atoms with Gasteiger partial charge in [-0.3, -0.25) is 9.89 Å². The number of benzene rings is 1. The van der Waals surface area contributed by atoms with Gasteiger partial charge >= 0.3 is 0 Å². The molecule has 2 aromatic rings. The van der Waals surface area contributed by atoms with Crippen LogP contribution >= 0.6 is 12.4 Å². The molecule has 0 unspecified atom stereocenters. The molecule has 7 heteroatoms. The number of carbonyl (C=O) groups excluding carboxylic acids is 1.